The van der Waals surface area contributed by atoms with Crippen molar-refractivity contribution in [1.29, 1.82) is 0 Å². The van der Waals surface area contributed by atoms with E-state index in [1.54, 1.807) is 0 Å². The number of furan rings is 2. The molecule has 3 heteroatoms. The Balaban J connectivity index is 1.19. The highest BCUT2D eigenvalue weighted by Gasteiger charge is 2.24. The summed E-state index contributed by atoms with van der Waals surface area (Å²) in [5.41, 5.74) is 11.3. The van der Waals surface area contributed by atoms with Gasteiger partial charge < -0.3 is 13.7 Å². The maximum Gasteiger partial charge on any atom is 0.143 e. The fraction of sp³-hybridized carbons (Fsp3) is 0. The smallest absolute Gasteiger partial charge is 0.143 e. The molecular weight excluding hydrogens is 647 g/mol. The van der Waals surface area contributed by atoms with Crippen molar-refractivity contribution in [2.75, 3.05) is 4.90 Å². The fourth-order valence-corrected chi connectivity index (χ4v) is 8.24. The molecule has 0 saturated carbocycles. The molecule has 248 valence electrons. The number of nitrogens with zero attached hydrogens (tertiary/aromatic N) is 1. The van der Waals surface area contributed by atoms with Crippen molar-refractivity contribution in [3.8, 4) is 22.3 Å². The predicted molar refractivity (Wildman–Crippen MR) is 222 cm³/mol. The van der Waals surface area contributed by atoms with E-state index in [1.165, 1.54) is 16.5 Å². The van der Waals surface area contributed by atoms with E-state index in [1.807, 2.05) is 0 Å². The molecule has 0 aliphatic rings. The van der Waals surface area contributed by atoms with Gasteiger partial charge in [-0.2, -0.15) is 0 Å². The third kappa shape index (κ3) is 4.61. The van der Waals surface area contributed by atoms with Crippen LogP contribution in [0, 0.1) is 0 Å². The van der Waals surface area contributed by atoms with Crippen LogP contribution in [0.5, 0.6) is 0 Å². The van der Waals surface area contributed by atoms with Gasteiger partial charge in [-0.15, -0.1) is 0 Å². The van der Waals surface area contributed by atoms with Crippen LogP contribution in [0.15, 0.2) is 197 Å². The SMILES string of the molecule is c1ccc(-c2ccc(N(c3ccccc3-c3cccc4oc5c6ccccc6ccc5c34)c3cccc4oc5c6ccccc6ccc5c34)cc2)cc1. The average molecular weight is 678 g/mol. The van der Waals surface area contributed by atoms with Gasteiger partial charge in [0, 0.05) is 38.2 Å². The van der Waals surface area contributed by atoms with Gasteiger partial charge in [-0.1, -0.05) is 140 Å². The zero-order valence-electron chi connectivity index (χ0n) is 28.7. The first-order valence-electron chi connectivity index (χ1n) is 18.0. The quantitative estimate of drug-likeness (QED) is 0.182. The summed E-state index contributed by atoms with van der Waals surface area (Å²) >= 11 is 0. The highest BCUT2D eigenvalue weighted by molar-refractivity contribution is 6.22. The molecule has 9 aromatic carbocycles. The van der Waals surface area contributed by atoms with Crippen LogP contribution in [0.3, 0.4) is 0 Å². The monoisotopic (exact) mass is 677 g/mol. The zero-order chi connectivity index (χ0) is 34.9. The summed E-state index contributed by atoms with van der Waals surface area (Å²) in [5, 5.41) is 8.94. The van der Waals surface area contributed by atoms with Crippen LogP contribution < -0.4 is 4.90 Å². The second-order valence-corrected chi connectivity index (χ2v) is 13.6. The largest absolute Gasteiger partial charge is 0.455 e. The predicted octanol–water partition coefficient (Wildman–Crippen LogP) is 14.6. The average Bonchev–Trinajstić information content (AvgIpc) is 3.82. The minimum absolute atomic E-state index is 0.854. The van der Waals surface area contributed by atoms with Crippen molar-refractivity contribution < 1.29 is 8.83 Å². The maximum atomic E-state index is 6.71. The Labute approximate surface area is 305 Å². The summed E-state index contributed by atoms with van der Waals surface area (Å²) in [6.45, 7) is 0. The molecule has 0 radical (unpaired) electrons. The van der Waals surface area contributed by atoms with Crippen molar-refractivity contribution in [3.05, 3.63) is 188 Å². The third-order valence-electron chi connectivity index (χ3n) is 10.7. The van der Waals surface area contributed by atoms with Gasteiger partial charge in [-0.25, -0.2) is 0 Å². The summed E-state index contributed by atoms with van der Waals surface area (Å²) < 4.78 is 13.4. The van der Waals surface area contributed by atoms with Gasteiger partial charge in [0.2, 0.25) is 0 Å². The first kappa shape index (κ1) is 29.6. The molecule has 0 N–H and O–H groups in total. The van der Waals surface area contributed by atoms with Crippen molar-refractivity contribution in [2.24, 2.45) is 0 Å². The maximum absolute atomic E-state index is 6.71. The van der Waals surface area contributed by atoms with Crippen LogP contribution in [0.1, 0.15) is 0 Å². The van der Waals surface area contributed by atoms with E-state index in [0.717, 1.165) is 88.2 Å². The fourth-order valence-electron chi connectivity index (χ4n) is 8.24. The Bertz CT molecular complexity index is 3170. The van der Waals surface area contributed by atoms with Gasteiger partial charge in [0.1, 0.15) is 22.3 Å². The number of fused-ring (bicyclic) bond motifs is 10. The minimum atomic E-state index is 0.854. The first-order chi connectivity index (χ1) is 26.3. The lowest BCUT2D eigenvalue weighted by Crippen LogP contribution is -2.11. The van der Waals surface area contributed by atoms with E-state index in [0.29, 0.717) is 0 Å². The molecular formula is C50H31NO2. The molecule has 11 rings (SSSR count). The molecule has 0 bridgehead atoms. The number of hydrogen-bond acceptors (Lipinski definition) is 3. The van der Waals surface area contributed by atoms with Crippen molar-refractivity contribution in [3.63, 3.8) is 0 Å². The van der Waals surface area contributed by atoms with E-state index in [-0.39, 0.29) is 0 Å². The second kappa shape index (κ2) is 11.7. The van der Waals surface area contributed by atoms with Crippen LogP contribution in [0.4, 0.5) is 17.1 Å². The number of hydrogen-bond donors (Lipinski definition) is 0. The summed E-state index contributed by atoms with van der Waals surface area (Å²) in [6, 6.07) is 66.7. The van der Waals surface area contributed by atoms with Crippen LogP contribution in [0.2, 0.25) is 0 Å². The van der Waals surface area contributed by atoms with Crippen molar-refractivity contribution >= 4 is 82.5 Å². The molecule has 11 aromatic rings. The summed E-state index contributed by atoms with van der Waals surface area (Å²) in [5.74, 6) is 0. The topological polar surface area (TPSA) is 29.5 Å². The molecule has 0 aliphatic carbocycles. The van der Waals surface area contributed by atoms with Gasteiger partial charge in [0.15, 0.2) is 0 Å². The lowest BCUT2D eigenvalue weighted by atomic mass is 9.95. The summed E-state index contributed by atoms with van der Waals surface area (Å²) in [7, 11) is 0. The number of rotatable bonds is 5. The van der Waals surface area contributed by atoms with Crippen molar-refractivity contribution in [2.45, 2.75) is 0 Å². The highest BCUT2D eigenvalue weighted by atomic mass is 16.3. The van der Waals surface area contributed by atoms with Gasteiger partial charge >= 0.3 is 0 Å². The summed E-state index contributed by atoms with van der Waals surface area (Å²) in [6.07, 6.45) is 0. The third-order valence-corrected chi connectivity index (χ3v) is 10.7. The molecule has 2 heterocycles. The number of para-hydroxylation sites is 1. The normalized spacial score (nSPS) is 11.8. The Morgan fingerprint density at radius 1 is 0.321 bits per heavy atom. The van der Waals surface area contributed by atoms with Crippen molar-refractivity contribution in [1.82, 2.24) is 0 Å². The highest BCUT2D eigenvalue weighted by Crippen LogP contribution is 2.49. The van der Waals surface area contributed by atoms with Gasteiger partial charge in [0.05, 0.1) is 16.8 Å². The minimum Gasteiger partial charge on any atom is -0.455 e. The molecule has 3 nitrogen and oxygen atoms in total. The van der Waals surface area contributed by atoms with Gasteiger partial charge in [-0.05, 0) is 76.0 Å². The Morgan fingerprint density at radius 2 is 0.849 bits per heavy atom. The lowest BCUT2D eigenvalue weighted by molar-refractivity contribution is 0.672. The van der Waals surface area contributed by atoms with E-state index >= 15 is 0 Å². The van der Waals surface area contributed by atoms with Crippen LogP contribution in [0.25, 0.3) is 87.7 Å². The molecule has 0 unspecified atom stereocenters. The zero-order valence-corrected chi connectivity index (χ0v) is 28.7. The molecule has 0 fully saturated rings. The van der Waals surface area contributed by atoms with Crippen LogP contribution >= 0.6 is 0 Å². The van der Waals surface area contributed by atoms with Gasteiger partial charge in [0.25, 0.3) is 0 Å². The van der Waals surface area contributed by atoms with Crippen LogP contribution in [-0.2, 0) is 0 Å². The Morgan fingerprint density at radius 3 is 1.57 bits per heavy atom. The molecule has 0 spiro atoms. The second-order valence-electron chi connectivity index (χ2n) is 13.6. The lowest BCUT2D eigenvalue weighted by Gasteiger charge is -2.29. The standard InChI is InChI=1S/C50H31NO2/c1-2-12-32(13-3-1)33-24-28-36(29-25-33)51(44-21-11-23-46-48(44)42-31-27-35-15-5-7-17-38(35)50(42)53-46)43-20-9-8-18-39(43)40-19-10-22-45-47(40)41-30-26-34-14-4-6-16-37(34)49(41)52-45/h1-31H. The number of anilines is 3. The molecule has 0 amide bonds. The Hall–Kier alpha value is -7.10. The molecule has 0 atom stereocenters. The summed E-state index contributed by atoms with van der Waals surface area (Å²) in [4.78, 5) is 2.40. The molecule has 2 aromatic heterocycles. The van der Waals surface area contributed by atoms with E-state index < -0.39 is 0 Å². The molecule has 0 saturated heterocycles. The van der Waals surface area contributed by atoms with Crippen LogP contribution in [-0.4, -0.2) is 0 Å². The van der Waals surface area contributed by atoms with E-state index in [9.17, 15) is 0 Å². The van der Waals surface area contributed by atoms with E-state index in [2.05, 4.69) is 193 Å². The molecule has 0 aliphatic heterocycles. The van der Waals surface area contributed by atoms with Gasteiger partial charge in [-0.3, -0.25) is 0 Å². The number of benzene rings is 9. The Kier molecular flexibility index (Phi) is 6.55. The van der Waals surface area contributed by atoms with E-state index in [4.69, 9.17) is 8.83 Å². The first-order valence-corrected chi connectivity index (χ1v) is 18.0. The molecule has 53 heavy (non-hydrogen) atoms.